The summed E-state index contributed by atoms with van der Waals surface area (Å²) in [5.41, 5.74) is 0.663. The Kier molecular flexibility index (Phi) is 9.86. The van der Waals surface area contributed by atoms with Gasteiger partial charge in [0.2, 0.25) is 0 Å². The molecule has 0 amide bonds. The SMILES string of the molecule is CCCOc1ccc(F)c2c(=O)c(-c3ccc(OCCO)cc3)cn(CC(=O)CCCN3CCOCC3)c12. The summed E-state index contributed by atoms with van der Waals surface area (Å²) in [4.78, 5) is 28.9. The zero-order valence-corrected chi connectivity index (χ0v) is 21.8. The van der Waals surface area contributed by atoms with E-state index in [4.69, 9.17) is 19.3 Å². The zero-order chi connectivity index (χ0) is 26.9. The van der Waals surface area contributed by atoms with Crippen LogP contribution in [0, 0.1) is 5.82 Å². The summed E-state index contributed by atoms with van der Waals surface area (Å²) in [7, 11) is 0. The van der Waals surface area contributed by atoms with Gasteiger partial charge in [0.05, 0.1) is 43.9 Å². The van der Waals surface area contributed by atoms with E-state index in [1.54, 1.807) is 35.0 Å². The average Bonchev–Trinajstić information content (AvgIpc) is 2.93. The lowest BCUT2D eigenvalue weighted by atomic mass is 10.0. The molecular weight excluding hydrogens is 491 g/mol. The number of ketones is 1. The summed E-state index contributed by atoms with van der Waals surface area (Å²) < 4.78 is 33.5. The van der Waals surface area contributed by atoms with E-state index >= 15 is 4.39 Å². The minimum Gasteiger partial charge on any atom is -0.491 e. The highest BCUT2D eigenvalue weighted by Crippen LogP contribution is 2.30. The molecule has 1 fully saturated rings. The van der Waals surface area contributed by atoms with Crippen molar-refractivity contribution in [3.8, 4) is 22.6 Å². The van der Waals surface area contributed by atoms with Crippen LogP contribution in [0.15, 0.2) is 47.4 Å². The van der Waals surface area contributed by atoms with Crippen molar-refractivity contribution in [3.63, 3.8) is 0 Å². The molecule has 2 aromatic carbocycles. The fraction of sp³-hybridized carbons (Fsp3) is 0.448. The number of benzene rings is 2. The van der Waals surface area contributed by atoms with Crippen molar-refractivity contribution in [2.24, 2.45) is 0 Å². The lowest BCUT2D eigenvalue weighted by Gasteiger charge is -2.26. The fourth-order valence-electron chi connectivity index (χ4n) is 4.61. The number of halogens is 1. The van der Waals surface area contributed by atoms with Crippen LogP contribution in [0.1, 0.15) is 26.2 Å². The van der Waals surface area contributed by atoms with E-state index in [-0.39, 0.29) is 42.0 Å². The molecule has 0 saturated carbocycles. The topological polar surface area (TPSA) is 90.2 Å². The van der Waals surface area contributed by atoms with E-state index in [2.05, 4.69) is 4.90 Å². The van der Waals surface area contributed by atoms with Crippen LogP contribution in [0.25, 0.3) is 22.0 Å². The molecule has 1 aliphatic rings. The third kappa shape index (κ3) is 6.78. The average molecular weight is 527 g/mol. The number of fused-ring (bicyclic) bond motifs is 1. The molecule has 4 rings (SSSR count). The number of pyridine rings is 1. The molecule has 204 valence electrons. The number of Topliss-reactive ketones (excluding diaryl/α,β-unsaturated/α-hetero) is 1. The number of hydrogen-bond acceptors (Lipinski definition) is 7. The third-order valence-electron chi connectivity index (χ3n) is 6.50. The van der Waals surface area contributed by atoms with Gasteiger partial charge in [-0.2, -0.15) is 0 Å². The van der Waals surface area contributed by atoms with Crippen LogP contribution in [-0.4, -0.2) is 73.0 Å². The monoisotopic (exact) mass is 526 g/mol. The van der Waals surface area contributed by atoms with Crippen molar-refractivity contribution < 1.29 is 28.5 Å². The highest BCUT2D eigenvalue weighted by molar-refractivity contribution is 5.90. The second kappa shape index (κ2) is 13.5. The van der Waals surface area contributed by atoms with Gasteiger partial charge in [0, 0.05) is 31.3 Å². The lowest BCUT2D eigenvalue weighted by Crippen LogP contribution is -2.37. The molecule has 8 nitrogen and oxygen atoms in total. The standard InChI is InChI=1S/C29H35FN2O6/c1-2-15-38-26-10-9-25(30)27-28(26)32(19-22(34)4-3-11-31-12-16-36-17-13-31)20-24(29(27)35)21-5-7-23(8-6-21)37-18-14-33/h5-10,20,33H,2-4,11-19H2,1H3. The second-order valence-corrected chi connectivity index (χ2v) is 9.31. The molecule has 0 radical (unpaired) electrons. The molecule has 0 spiro atoms. The number of aliphatic hydroxyl groups is 1. The number of morpholine rings is 1. The van der Waals surface area contributed by atoms with E-state index in [1.165, 1.54) is 12.1 Å². The van der Waals surface area contributed by atoms with E-state index in [0.717, 1.165) is 26.1 Å². The van der Waals surface area contributed by atoms with Crippen LogP contribution < -0.4 is 14.9 Å². The van der Waals surface area contributed by atoms with Gasteiger partial charge in [-0.05, 0) is 49.2 Å². The number of carbonyl (C=O) groups excluding carboxylic acids is 1. The number of aliphatic hydroxyl groups excluding tert-OH is 1. The molecule has 3 aromatic rings. The number of aromatic nitrogens is 1. The summed E-state index contributed by atoms with van der Waals surface area (Å²) in [5, 5.41) is 8.87. The van der Waals surface area contributed by atoms with Crippen LogP contribution in [0.4, 0.5) is 4.39 Å². The normalized spacial score (nSPS) is 14.1. The van der Waals surface area contributed by atoms with Gasteiger partial charge in [-0.25, -0.2) is 4.39 Å². The second-order valence-electron chi connectivity index (χ2n) is 9.31. The summed E-state index contributed by atoms with van der Waals surface area (Å²) in [6, 6.07) is 9.54. The van der Waals surface area contributed by atoms with Crippen molar-refractivity contribution >= 4 is 16.7 Å². The Morgan fingerprint density at radius 3 is 2.55 bits per heavy atom. The van der Waals surface area contributed by atoms with Crippen LogP contribution >= 0.6 is 0 Å². The Morgan fingerprint density at radius 1 is 1.08 bits per heavy atom. The third-order valence-corrected chi connectivity index (χ3v) is 6.50. The van der Waals surface area contributed by atoms with Gasteiger partial charge in [-0.1, -0.05) is 19.1 Å². The van der Waals surface area contributed by atoms with Crippen molar-refractivity contribution in [1.82, 2.24) is 9.47 Å². The van der Waals surface area contributed by atoms with Gasteiger partial charge in [0.25, 0.3) is 0 Å². The number of hydrogen-bond donors (Lipinski definition) is 1. The largest absolute Gasteiger partial charge is 0.491 e. The Hall–Kier alpha value is -3.27. The van der Waals surface area contributed by atoms with Crippen LogP contribution in [-0.2, 0) is 16.1 Å². The maximum absolute atomic E-state index is 15.2. The van der Waals surface area contributed by atoms with Crippen molar-refractivity contribution in [1.29, 1.82) is 0 Å². The van der Waals surface area contributed by atoms with E-state index < -0.39 is 11.2 Å². The predicted molar refractivity (Wildman–Crippen MR) is 143 cm³/mol. The maximum atomic E-state index is 15.2. The van der Waals surface area contributed by atoms with Gasteiger partial charge >= 0.3 is 0 Å². The lowest BCUT2D eigenvalue weighted by molar-refractivity contribution is -0.119. The molecule has 1 aliphatic heterocycles. The van der Waals surface area contributed by atoms with Crippen LogP contribution in [0.5, 0.6) is 11.5 Å². The smallest absolute Gasteiger partial charge is 0.200 e. The first-order valence-electron chi connectivity index (χ1n) is 13.2. The van der Waals surface area contributed by atoms with Gasteiger partial charge in [-0.15, -0.1) is 0 Å². The highest BCUT2D eigenvalue weighted by atomic mass is 19.1. The van der Waals surface area contributed by atoms with Crippen molar-refractivity contribution in [2.45, 2.75) is 32.7 Å². The number of nitrogens with zero attached hydrogens (tertiary/aromatic N) is 2. The number of carbonyl (C=O) groups is 1. The highest BCUT2D eigenvalue weighted by Gasteiger charge is 2.20. The van der Waals surface area contributed by atoms with Crippen molar-refractivity contribution in [2.75, 3.05) is 52.7 Å². The maximum Gasteiger partial charge on any atom is 0.200 e. The molecule has 0 atom stereocenters. The molecule has 0 bridgehead atoms. The Balaban J connectivity index is 1.67. The zero-order valence-electron chi connectivity index (χ0n) is 21.8. The first-order valence-corrected chi connectivity index (χ1v) is 13.2. The van der Waals surface area contributed by atoms with Gasteiger partial charge in [0.15, 0.2) is 11.2 Å². The minimum absolute atomic E-state index is 0.00345. The molecule has 1 saturated heterocycles. The number of rotatable bonds is 13. The predicted octanol–water partition coefficient (Wildman–Crippen LogP) is 3.65. The van der Waals surface area contributed by atoms with E-state index in [0.29, 0.717) is 49.7 Å². The van der Waals surface area contributed by atoms with E-state index in [1.807, 2.05) is 6.92 Å². The van der Waals surface area contributed by atoms with Crippen LogP contribution in [0.3, 0.4) is 0 Å². The molecule has 9 heteroatoms. The Morgan fingerprint density at radius 2 is 1.84 bits per heavy atom. The molecule has 0 unspecified atom stereocenters. The molecule has 38 heavy (non-hydrogen) atoms. The Labute approximate surface area is 221 Å². The molecule has 0 aliphatic carbocycles. The molecule has 1 N–H and O–H groups in total. The van der Waals surface area contributed by atoms with Crippen molar-refractivity contribution in [3.05, 3.63) is 58.6 Å². The van der Waals surface area contributed by atoms with Gasteiger partial charge < -0.3 is 23.9 Å². The number of ether oxygens (including phenoxy) is 3. The molecular formula is C29H35FN2O6. The fourth-order valence-corrected chi connectivity index (χ4v) is 4.61. The van der Waals surface area contributed by atoms with E-state index in [9.17, 15) is 9.59 Å². The summed E-state index contributed by atoms with van der Waals surface area (Å²) in [5.74, 6) is 0.251. The first kappa shape index (κ1) is 27.8. The summed E-state index contributed by atoms with van der Waals surface area (Å²) >= 11 is 0. The quantitative estimate of drug-likeness (QED) is 0.364. The Bertz CT molecular complexity index is 1280. The molecule has 2 heterocycles. The summed E-state index contributed by atoms with van der Waals surface area (Å²) in [6.45, 7) is 6.36. The van der Waals surface area contributed by atoms with Gasteiger partial charge in [-0.3, -0.25) is 14.5 Å². The minimum atomic E-state index is -0.660. The molecule has 1 aromatic heterocycles. The van der Waals surface area contributed by atoms with Gasteiger partial charge in [0.1, 0.15) is 23.9 Å². The van der Waals surface area contributed by atoms with Crippen LogP contribution in [0.2, 0.25) is 0 Å². The summed E-state index contributed by atoms with van der Waals surface area (Å²) in [6.07, 6.45) is 3.45. The first-order chi connectivity index (χ1) is 18.5.